The molecule has 0 bridgehead atoms. The normalized spacial score (nSPS) is 24.9. The monoisotopic (exact) mass is 298 g/mol. The molecule has 1 rings (SSSR count). The standard InChI is InChI=1S/C14H21NO4S/c1-3-6-12-9-11(7-5-8-14(16)17)10-15(20(18)19)13(12)4-2/h3-4,6,11H,1,5,7-10H2,2H3,(H,16,17)(H,18,19)/p-1/b12-6-,13-4+/t11-/m1/s1. The van der Waals surface area contributed by atoms with Gasteiger partial charge < -0.3 is 14.0 Å². The van der Waals surface area contributed by atoms with Gasteiger partial charge in [-0.25, -0.2) is 0 Å². The van der Waals surface area contributed by atoms with E-state index < -0.39 is 17.2 Å². The first-order valence-corrected chi connectivity index (χ1v) is 7.59. The minimum atomic E-state index is -2.32. The van der Waals surface area contributed by atoms with E-state index in [1.807, 2.05) is 6.08 Å². The van der Waals surface area contributed by atoms with Crippen molar-refractivity contribution in [3.63, 3.8) is 0 Å². The van der Waals surface area contributed by atoms with Gasteiger partial charge in [0, 0.05) is 29.9 Å². The van der Waals surface area contributed by atoms with Crippen LogP contribution in [0.15, 0.2) is 36.1 Å². The summed E-state index contributed by atoms with van der Waals surface area (Å²) in [4.78, 5) is 10.5. The van der Waals surface area contributed by atoms with Crippen molar-refractivity contribution in [2.24, 2.45) is 5.92 Å². The lowest BCUT2D eigenvalue weighted by molar-refractivity contribution is -0.137. The Morgan fingerprint density at radius 3 is 2.85 bits per heavy atom. The molecule has 0 saturated carbocycles. The SMILES string of the molecule is C=C/C=C1/C[C@@H](CCCC(=O)O)CN(S(=O)[O-])/C1=C/C. The molecule has 112 valence electrons. The number of allylic oxidation sites excluding steroid dienone is 4. The van der Waals surface area contributed by atoms with Crippen LogP contribution in [0.5, 0.6) is 0 Å². The third-order valence-corrected chi connectivity index (χ3v) is 4.01. The fourth-order valence-corrected chi connectivity index (χ4v) is 3.19. The van der Waals surface area contributed by atoms with E-state index in [-0.39, 0.29) is 12.3 Å². The van der Waals surface area contributed by atoms with Crippen LogP contribution >= 0.6 is 0 Å². The van der Waals surface area contributed by atoms with Gasteiger partial charge >= 0.3 is 5.97 Å². The minimum Gasteiger partial charge on any atom is -0.755 e. The molecule has 0 spiro atoms. The van der Waals surface area contributed by atoms with Crippen LogP contribution in [0, 0.1) is 5.92 Å². The highest BCUT2D eigenvalue weighted by Gasteiger charge is 2.26. The summed E-state index contributed by atoms with van der Waals surface area (Å²) in [6, 6.07) is 0. The van der Waals surface area contributed by atoms with Gasteiger partial charge in [0.05, 0.1) is 0 Å². The molecule has 1 N–H and O–H groups in total. The fourth-order valence-electron chi connectivity index (χ4n) is 2.47. The number of carboxylic acids is 1. The Bertz CT molecular complexity index is 456. The van der Waals surface area contributed by atoms with Gasteiger partial charge in [0.15, 0.2) is 0 Å². The summed E-state index contributed by atoms with van der Waals surface area (Å²) in [6.45, 7) is 5.86. The van der Waals surface area contributed by atoms with Crippen LogP contribution < -0.4 is 0 Å². The molecule has 0 radical (unpaired) electrons. The quantitative estimate of drug-likeness (QED) is 0.763. The Morgan fingerprint density at radius 2 is 2.35 bits per heavy atom. The van der Waals surface area contributed by atoms with Gasteiger partial charge in [0.1, 0.15) is 0 Å². The van der Waals surface area contributed by atoms with Gasteiger partial charge in [-0.2, -0.15) is 0 Å². The van der Waals surface area contributed by atoms with Crippen LogP contribution in [0.4, 0.5) is 0 Å². The van der Waals surface area contributed by atoms with E-state index in [0.717, 1.165) is 12.0 Å². The van der Waals surface area contributed by atoms with Crippen molar-refractivity contribution in [1.82, 2.24) is 4.31 Å². The molecule has 1 saturated heterocycles. The average molecular weight is 298 g/mol. The zero-order valence-corrected chi connectivity index (χ0v) is 12.4. The van der Waals surface area contributed by atoms with E-state index in [9.17, 15) is 13.6 Å². The highest BCUT2D eigenvalue weighted by molar-refractivity contribution is 7.76. The molecule has 0 aromatic rings. The van der Waals surface area contributed by atoms with Gasteiger partial charge in [-0.1, -0.05) is 24.8 Å². The van der Waals surface area contributed by atoms with E-state index in [0.29, 0.717) is 25.1 Å². The average Bonchev–Trinajstić information content (AvgIpc) is 2.38. The van der Waals surface area contributed by atoms with E-state index in [1.165, 1.54) is 4.31 Å². The molecule has 6 heteroatoms. The topological polar surface area (TPSA) is 80.7 Å². The molecule has 2 atom stereocenters. The second-order valence-electron chi connectivity index (χ2n) is 4.74. The van der Waals surface area contributed by atoms with Gasteiger partial charge in [0.25, 0.3) is 0 Å². The molecular formula is C14H20NO4S-. The second kappa shape index (κ2) is 8.01. The maximum absolute atomic E-state index is 11.3. The number of carbonyl (C=O) groups is 1. The van der Waals surface area contributed by atoms with Gasteiger partial charge in [-0.3, -0.25) is 9.00 Å². The van der Waals surface area contributed by atoms with Crippen molar-refractivity contribution < 1.29 is 18.7 Å². The van der Waals surface area contributed by atoms with E-state index in [1.54, 1.807) is 19.1 Å². The summed E-state index contributed by atoms with van der Waals surface area (Å²) < 4.78 is 24.0. The number of carboxylic acid groups (broad SMARTS) is 1. The first-order chi connectivity index (χ1) is 9.49. The van der Waals surface area contributed by atoms with Crippen molar-refractivity contribution in [3.05, 3.63) is 36.1 Å². The number of hydrogen-bond donors (Lipinski definition) is 1. The number of hydrogen-bond acceptors (Lipinski definition) is 3. The lowest BCUT2D eigenvalue weighted by Crippen LogP contribution is -2.36. The van der Waals surface area contributed by atoms with Crippen LogP contribution in [-0.2, 0) is 16.1 Å². The van der Waals surface area contributed by atoms with Crippen molar-refractivity contribution in [2.45, 2.75) is 32.6 Å². The Balaban J connectivity index is 2.82. The van der Waals surface area contributed by atoms with Crippen molar-refractivity contribution in [2.75, 3.05) is 6.54 Å². The highest BCUT2D eigenvalue weighted by Crippen LogP contribution is 2.33. The molecule has 1 unspecified atom stereocenters. The molecule has 0 amide bonds. The maximum atomic E-state index is 11.3. The highest BCUT2D eigenvalue weighted by atomic mass is 32.2. The Labute approximate surface area is 122 Å². The summed E-state index contributed by atoms with van der Waals surface area (Å²) in [6.07, 6.45) is 7.37. The van der Waals surface area contributed by atoms with Crippen molar-refractivity contribution in [1.29, 1.82) is 0 Å². The Hall–Kier alpha value is -1.40. The largest absolute Gasteiger partial charge is 0.755 e. The third-order valence-electron chi connectivity index (χ3n) is 3.31. The Kier molecular flexibility index (Phi) is 6.67. The number of piperidine rings is 1. The van der Waals surface area contributed by atoms with Crippen LogP contribution in [0.3, 0.4) is 0 Å². The molecule has 5 nitrogen and oxygen atoms in total. The van der Waals surface area contributed by atoms with Crippen LogP contribution in [0.1, 0.15) is 32.6 Å². The van der Waals surface area contributed by atoms with E-state index in [4.69, 9.17) is 5.11 Å². The first-order valence-electron chi connectivity index (χ1n) is 6.56. The van der Waals surface area contributed by atoms with Gasteiger partial charge in [-0.05, 0) is 37.7 Å². The molecule has 1 aliphatic heterocycles. The van der Waals surface area contributed by atoms with Crippen LogP contribution in [-0.4, -0.2) is 30.7 Å². The third kappa shape index (κ3) is 4.61. The molecule has 1 fully saturated rings. The zero-order chi connectivity index (χ0) is 15.1. The van der Waals surface area contributed by atoms with Gasteiger partial charge in [-0.15, -0.1) is 0 Å². The molecule has 1 aliphatic rings. The lowest BCUT2D eigenvalue weighted by atomic mass is 9.88. The number of rotatable bonds is 6. The number of nitrogens with zero attached hydrogens (tertiary/aromatic N) is 1. The molecule has 0 aliphatic carbocycles. The summed E-state index contributed by atoms with van der Waals surface area (Å²) >= 11 is -2.32. The summed E-state index contributed by atoms with van der Waals surface area (Å²) in [5.41, 5.74) is 1.62. The molecule has 0 aromatic heterocycles. The molecule has 20 heavy (non-hydrogen) atoms. The zero-order valence-electron chi connectivity index (χ0n) is 11.6. The second-order valence-corrected chi connectivity index (χ2v) is 5.61. The van der Waals surface area contributed by atoms with E-state index >= 15 is 0 Å². The summed E-state index contributed by atoms with van der Waals surface area (Å²) in [7, 11) is 0. The van der Waals surface area contributed by atoms with Crippen LogP contribution in [0.2, 0.25) is 0 Å². The van der Waals surface area contributed by atoms with Gasteiger partial charge in [0.2, 0.25) is 0 Å². The van der Waals surface area contributed by atoms with Crippen LogP contribution in [0.25, 0.3) is 0 Å². The predicted molar refractivity (Wildman–Crippen MR) is 77.3 cm³/mol. The van der Waals surface area contributed by atoms with Crippen molar-refractivity contribution in [3.8, 4) is 0 Å². The minimum absolute atomic E-state index is 0.119. The fraction of sp³-hybridized carbons (Fsp3) is 0.500. The first kappa shape index (κ1) is 16.7. The number of aliphatic carboxylic acids is 1. The predicted octanol–water partition coefficient (Wildman–Crippen LogP) is 2.37. The molecule has 0 aromatic carbocycles. The Morgan fingerprint density at radius 1 is 1.65 bits per heavy atom. The lowest BCUT2D eigenvalue weighted by Gasteiger charge is -2.38. The van der Waals surface area contributed by atoms with Crippen molar-refractivity contribution >= 4 is 17.2 Å². The molecular weight excluding hydrogens is 278 g/mol. The maximum Gasteiger partial charge on any atom is 0.303 e. The molecule has 1 heterocycles. The summed E-state index contributed by atoms with van der Waals surface area (Å²) in [5.74, 6) is -0.678. The smallest absolute Gasteiger partial charge is 0.303 e. The van der Waals surface area contributed by atoms with E-state index in [2.05, 4.69) is 6.58 Å². The summed E-state index contributed by atoms with van der Waals surface area (Å²) in [5, 5.41) is 8.66.